The van der Waals surface area contributed by atoms with Crippen molar-refractivity contribution in [1.29, 1.82) is 0 Å². The number of hydrogen-bond donors (Lipinski definition) is 2. The number of carbonyl (C=O) groups is 1. The van der Waals surface area contributed by atoms with Crippen molar-refractivity contribution in [2.75, 3.05) is 32.8 Å². The van der Waals surface area contributed by atoms with Crippen molar-refractivity contribution in [2.45, 2.75) is 25.7 Å². The minimum absolute atomic E-state index is 0.0492. The molecular formula is C16H23N5O2. The van der Waals surface area contributed by atoms with Crippen LogP contribution in [0.1, 0.15) is 42.0 Å². The lowest BCUT2D eigenvalue weighted by molar-refractivity contribution is 0.0829. The molecule has 2 saturated heterocycles. The minimum Gasteiger partial charge on any atom is -0.381 e. The van der Waals surface area contributed by atoms with E-state index in [2.05, 4.69) is 22.5 Å². The Kier molecular flexibility index (Phi) is 3.90. The summed E-state index contributed by atoms with van der Waals surface area (Å²) in [6, 6.07) is 0. The largest absolute Gasteiger partial charge is 0.381 e. The zero-order valence-electron chi connectivity index (χ0n) is 13.4. The van der Waals surface area contributed by atoms with Crippen molar-refractivity contribution in [2.24, 2.45) is 16.9 Å². The summed E-state index contributed by atoms with van der Waals surface area (Å²) in [5.41, 5.74) is 0.590. The first-order valence-corrected chi connectivity index (χ1v) is 8.46. The molecule has 2 atom stereocenters. The molecule has 0 bridgehead atoms. The van der Waals surface area contributed by atoms with E-state index in [9.17, 15) is 4.79 Å². The topological polar surface area (TPSA) is 80.5 Å². The Bertz CT molecular complexity index is 632. The highest BCUT2D eigenvalue weighted by atomic mass is 16.5. The number of hydrogen-bond acceptors (Lipinski definition) is 6. The molecule has 2 fully saturated rings. The van der Waals surface area contributed by atoms with E-state index in [1.807, 2.05) is 0 Å². The number of Topliss-reactive ketones (excluding diaryl/α,β-unsaturated/α-hetero) is 1. The smallest absolute Gasteiger partial charge is 0.201 e. The Morgan fingerprint density at radius 1 is 1.30 bits per heavy atom. The maximum absolute atomic E-state index is 12.4. The van der Waals surface area contributed by atoms with Crippen LogP contribution in [0.15, 0.2) is 11.3 Å². The van der Waals surface area contributed by atoms with E-state index in [4.69, 9.17) is 9.84 Å². The molecule has 124 valence electrons. The van der Waals surface area contributed by atoms with Crippen LogP contribution in [-0.2, 0) is 4.74 Å². The summed E-state index contributed by atoms with van der Waals surface area (Å²) in [5, 5.41) is 11.5. The lowest BCUT2D eigenvalue weighted by atomic mass is 9.97. The van der Waals surface area contributed by atoms with Gasteiger partial charge in [0.1, 0.15) is 17.4 Å². The first-order chi connectivity index (χ1) is 11.2. The van der Waals surface area contributed by atoms with Gasteiger partial charge >= 0.3 is 0 Å². The zero-order valence-corrected chi connectivity index (χ0v) is 13.4. The van der Waals surface area contributed by atoms with Gasteiger partial charge in [-0.15, -0.1) is 0 Å². The molecule has 1 aromatic heterocycles. The lowest BCUT2D eigenvalue weighted by Gasteiger charge is -2.22. The number of nitrogens with zero attached hydrogens (tertiary/aromatic N) is 3. The van der Waals surface area contributed by atoms with Gasteiger partial charge in [-0.2, -0.15) is 5.10 Å². The van der Waals surface area contributed by atoms with Gasteiger partial charge in [0, 0.05) is 31.6 Å². The van der Waals surface area contributed by atoms with Gasteiger partial charge in [0.25, 0.3) is 0 Å². The third kappa shape index (κ3) is 2.68. The fraction of sp³-hybridized carbons (Fsp3) is 0.688. The predicted octanol–water partition coefficient (Wildman–Crippen LogP) is 0.580. The molecule has 0 aromatic carbocycles. The number of ketones is 1. The number of fused-ring (bicyclic) bond motifs is 1. The molecule has 4 heterocycles. The van der Waals surface area contributed by atoms with Crippen molar-refractivity contribution in [3.63, 3.8) is 0 Å². The maximum Gasteiger partial charge on any atom is 0.201 e. The quantitative estimate of drug-likeness (QED) is 0.834. The van der Waals surface area contributed by atoms with Gasteiger partial charge in [-0.3, -0.25) is 4.79 Å². The highest BCUT2D eigenvalue weighted by Gasteiger charge is 2.32. The van der Waals surface area contributed by atoms with Gasteiger partial charge < -0.3 is 15.4 Å². The first-order valence-electron chi connectivity index (χ1n) is 8.46. The van der Waals surface area contributed by atoms with E-state index >= 15 is 0 Å². The Morgan fingerprint density at radius 3 is 2.87 bits per heavy atom. The molecule has 2 N–H and O–H groups in total. The third-order valence-corrected chi connectivity index (χ3v) is 5.14. The summed E-state index contributed by atoms with van der Waals surface area (Å²) < 4.78 is 7.23. The molecule has 0 spiro atoms. The summed E-state index contributed by atoms with van der Waals surface area (Å²) in [4.78, 5) is 16.9. The fourth-order valence-electron chi connectivity index (χ4n) is 3.68. The van der Waals surface area contributed by atoms with E-state index in [-0.39, 0.29) is 5.78 Å². The van der Waals surface area contributed by atoms with E-state index < -0.39 is 0 Å². The van der Waals surface area contributed by atoms with Crippen molar-refractivity contribution < 1.29 is 9.53 Å². The molecule has 0 radical (unpaired) electrons. The normalized spacial score (nSPS) is 28.9. The average molecular weight is 317 g/mol. The molecule has 0 amide bonds. The summed E-state index contributed by atoms with van der Waals surface area (Å²) >= 11 is 0. The predicted molar refractivity (Wildman–Crippen MR) is 85.7 cm³/mol. The van der Waals surface area contributed by atoms with Crippen LogP contribution >= 0.6 is 0 Å². The van der Waals surface area contributed by atoms with Crippen LogP contribution in [0.2, 0.25) is 0 Å². The second-order valence-corrected chi connectivity index (χ2v) is 6.70. The second kappa shape index (κ2) is 6.05. The van der Waals surface area contributed by atoms with Crippen molar-refractivity contribution in [3.8, 4) is 0 Å². The van der Waals surface area contributed by atoms with Gasteiger partial charge in [-0.1, -0.05) is 6.92 Å². The monoisotopic (exact) mass is 317 g/mol. The van der Waals surface area contributed by atoms with Crippen LogP contribution in [0.5, 0.6) is 0 Å². The summed E-state index contributed by atoms with van der Waals surface area (Å²) in [7, 11) is 0. The summed E-state index contributed by atoms with van der Waals surface area (Å²) in [6.07, 6.45) is 3.55. The number of aromatic nitrogens is 2. The highest BCUT2D eigenvalue weighted by Crippen LogP contribution is 2.28. The van der Waals surface area contributed by atoms with Crippen LogP contribution in [-0.4, -0.2) is 54.1 Å². The zero-order chi connectivity index (χ0) is 15.8. The molecule has 23 heavy (non-hydrogen) atoms. The van der Waals surface area contributed by atoms with Gasteiger partial charge in [0.05, 0.1) is 12.7 Å². The van der Waals surface area contributed by atoms with Crippen molar-refractivity contribution in [1.82, 2.24) is 20.3 Å². The van der Waals surface area contributed by atoms with Gasteiger partial charge in [0.2, 0.25) is 5.78 Å². The average Bonchev–Trinajstić information content (AvgIpc) is 3.14. The number of rotatable bonds is 2. The van der Waals surface area contributed by atoms with Crippen LogP contribution in [0.25, 0.3) is 0 Å². The van der Waals surface area contributed by atoms with E-state index in [1.165, 1.54) is 0 Å². The maximum atomic E-state index is 12.4. The molecule has 1 aromatic rings. The fourth-order valence-corrected chi connectivity index (χ4v) is 3.68. The molecule has 4 rings (SSSR count). The molecule has 0 aliphatic carbocycles. The summed E-state index contributed by atoms with van der Waals surface area (Å²) in [6.45, 7) is 5.90. The van der Waals surface area contributed by atoms with Crippen LogP contribution in [0.3, 0.4) is 0 Å². The number of ether oxygens (including phenoxy) is 1. The second-order valence-electron chi connectivity index (χ2n) is 6.70. The van der Waals surface area contributed by atoms with Crippen LogP contribution in [0, 0.1) is 11.8 Å². The van der Waals surface area contributed by atoms with Crippen molar-refractivity contribution >= 4 is 11.6 Å². The number of amidine groups is 1. The number of carbonyl (C=O) groups excluding carboxylic acids is 1. The third-order valence-electron chi connectivity index (χ3n) is 5.14. The Labute approximate surface area is 135 Å². The molecular weight excluding hydrogens is 294 g/mol. The highest BCUT2D eigenvalue weighted by molar-refractivity contribution is 6.00. The van der Waals surface area contributed by atoms with Gasteiger partial charge in [0.15, 0.2) is 0 Å². The van der Waals surface area contributed by atoms with Gasteiger partial charge in [-0.05, 0) is 25.3 Å². The Morgan fingerprint density at radius 2 is 2.13 bits per heavy atom. The molecule has 7 nitrogen and oxygen atoms in total. The minimum atomic E-state index is 0.0492. The Hall–Kier alpha value is -1.73. The van der Waals surface area contributed by atoms with E-state index in [0.29, 0.717) is 30.0 Å². The number of imidazole rings is 1. The van der Waals surface area contributed by atoms with Crippen LogP contribution < -0.4 is 10.6 Å². The standard InChI is InChI=1S/C16H23N5O2/c1-10-6-17-7-12(10)15-18-9-14(22)13-8-19-16(21(13)20-15)11-2-4-23-5-3-11/h8,10-12,17H,2-7,9H2,1H3,(H,18,20)/t10?,12-/m0/s1. The molecule has 3 aliphatic heterocycles. The van der Waals surface area contributed by atoms with Gasteiger partial charge in [-0.25, -0.2) is 9.66 Å². The molecule has 0 saturated carbocycles. The SMILES string of the molecule is CC1CNC[C@@H]1C1=Nn2c(cnc2C2CCOCC2)C(=O)CN1. The lowest BCUT2D eigenvalue weighted by Crippen LogP contribution is -2.36. The number of nitrogens with one attached hydrogen (secondary N) is 2. The summed E-state index contributed by atoms with van der Waals surface area (Å²) in [5.74, 6) is 2.99. The van der Waals surface area contributed by atoms with Crippen molar-refractivity contribution in [3.05, 3.63) is 17.7 Å². The first kappa shape index (κ1) is 14.8. The molecule has 1 unspecified atom stereocenters. The van der Waals surface area contributed by atoms with E-state index in [0.717, 1.165) is 50.8 Å². The molecule has 7 heteroatoms. The molecule has 3 aliphatic rings. The Balaban J connectivity index is 1.71. The van der Waals surface area contributed by atoms with E-state index in [1.54, 1.807) is 10.9 Å². The van der Waals surface area contributed by atoms with Crippen LogP contribution in [0.4, 0.5) is 0 Å².